The van der Waals surface area contributed by atoms with Gasteiger partial charge in [-0.15, -0.1) is 0 Å². The summed E-state index contributed by atoms with van der Waals surface area (Å²) >= 11 is 0. The normalized spacial score (nSPS) is 11.0. The van der Waals surface area contributed by atoms with E-state index in [-0.39, 0.29) is 24.2 Å². The molecule has 36 heavy (non-hydrogen) atoms. The Kier molecular flexibility index (Phi) is 6.40. The molecule has 2 aromatic carbocycles. The highest BCUT2D eigenvalue weighted by Gasteiger charge is 2.18. The van der Waals surface area contributed by atoms with Gasteiger partial charge in [0.2, 0.25) is 0 Å². The lowest BCUT2D eigenvalue weighted by Gasteiger charge is -2.12. The Bertz CT molecular complexity index is 1530. The van der Waals surface area contributed by atoms with Gasteiger partial charge in [-0.3, -0.25) is 9.67 Å². The van der Waals surface area contributed by atoms with Crippen molar-refractivity contribution < 1.29 is 18.7 Å². The predicted octanol–water partition coefficient (Wildman–Crippen LogP) is 5.59. The highest BCUT2D eigenvalue weighted by atomic mass is 19.1. The summed E-state index contributed by atoms with van der Waals surface area (Å²) in [5.74, 6) is -0.423. The van der Waals surface area contributed by atoms with E-state index in [0.29, 0.717) is 17.0 Å². The summed E-state index contributed by atoms with van der Waals surface area (Å²) in [6.07, 6.45) is 5.48. The van der Waals surface area contributed by atoms with Crippen molar-refractivity contribution in [2.45, 2.75) is 13.5 Å². The van der Waals surface area contributed by atoms with E-state index < -0.39 is 11.8 Å². The monoisotopic (exact) mass is 482 g/mol. The molecule has 0 atom stereocenters. The molecule has 0 bridgehead atoms. The van der Waals surface area contributed by atoms with Crippen LogP contribution in [0.15, 0.2) is 79.3 Å². The second-order valence-corrected chi connectivity index (χ2v) is 8.12. The number of halogens is 1. The van der Waals surface area contributed by atoms with Gasteiger partial charge in [-0.25, -0.2) is 14.2 Å². The summed E-state index contributed by atoms with van der Waals surface area (Å²) in [7, 11) is 1.88. The minimum absolute atomic E-state index is 0.0196. The second kappa shape index (κ2) is 9.95. The lowest BCUT2D eigenvalue weighted by Crippen LogP contribution is -2.12. The number of pyridine rings is 2. The third-order valence-electron chi connectivity index (χ3n) is 5.70. The fourth-order valence-corrected chi connectivity index (χ4v) is 4.00. The number of hydrogen-bond donors (Lipinski definition) is 0. The smallest absolute Gasteiger partial charge is 0.340 e. The van der Waals surface area contributed by atoms with Crippen LogP contribution in [0.25, 0.3) is 33.3 Å². The van der Waals surface area contributed by atoms with Crippen molar-refractivity contribution in [2.75, 3.05) is 6.61 Å². The molecule has 8 heteroatoms. The average Bonchev–Trinajstić information content (AvgIpc) is 3.30. The zero-order valence-corrected chi connectivity index (χ0v) is 19.8. The first-order chi connectivity index (χ1) is 17.5. The number of benzene rings is 2. The number of aromatic nitrogens is 4. The van der Waals surface area contributed by atoms with Crippen molar-refractivity contribution in [1.29, 1.82) is 0 Å². The Hall–Kier alpha value is -4.59. The quantitative estimate of drug-likeness (QED) is 0.281. The lowest BCUT2D eigenvalue weighted by molar-refractivity contribution is 0.0523. The molecule has 0 saturated carbocycles. The topological polar surface area (TPSA) is 79.1 Å². The zero-order chi connectivity index (χ0) is 25.1. The van der Waals surface area contributed by atoms with Crippen molar-refractivity contribution in [3.63, 3.8) is 0 Å². The molecular weight excluding hydrogens is 459 g/mol. The molecule has 0 spiro atoms. The van der Waals surface area contributed by atoms with Gasteiger partial charge in [0.15, 0.2) is 0 Å². The van der Waals surface area contributed by atoms with Gasteiger partial charge in [-0.2, -0.15) is 5.10 Å². The number of carbonyl (C=O) groups excluding carboxylic acids is 1. The summed E-state index contributed by atoms with van der Waals surface area (Å²) in [6.45, 7) is 1.93. The molecule has 7 nitrogen and oxygen atoms in total. The van der Waals surface area contributed by atoms with E-state index in [1.54, 1.807) is 36.1 Å². The molecule has 3 heterocycles. The first-order valence-electron chi connectivity index (χ1n) is 11.5. The summed E-state index contributed by atoms with van der Waals surface area (Å²) in [5.41, 5.74) is 4.80. The van der Waals surface area contributed by atoms with Crippen molar-refractivity contribution in [3.05, 3.63) is 96.3 Å². The fourth-order valence-electron chi connectivity index (χ4n) is 4.00. The van der Waals surface area contributed by atoms with Crippen LogP contribution in [0.2, 0.25) is 0 Å². The number of fused-ring (bicyclic) bond motifs is 1. The van der Waals surface area contributed by atoms with Crippen molar-refractivity contribution in [1.82, 2.24) is 19.7 Å². The molecule has 0 aliphatic carbocycles. The standard InChI is InChI=1S/C28H23FN4O3/c1-3-35-28(34)22-15-21-24(29)5-4-6-25(21)31-26(22)17-36-20-9-7-19(8-10-20)27-23(16-33(2)32-27)18-11-13-30-14-12-18/h4-16H,3,17H2,1-2H3. The van der Waals surface area contributed by atoms with Gasteiger partial charge in [0.05, 0.1) is 23.4 Å². The molecule has 0 saturated heterocycles. The molecule has 0 aliphatic rings. The number of aryl methyl sites for hydroxylation is 1. The minimum Gasteiger partial charge on any atom is -0.487 e. The largest absolute Gasteiger partial charge is 0.487 e. The number of hydrogen-bond acceptors (Lipinski definition) is 6. The van der Waals surface area contributed by atoms with Gasteiger partial charge in [0.25, 0.3) is 0 Å². The highest BCUT2D eigenvalue weighted by Crippen LogP contribution is 2.31. The summed E-state index contributed by atoms with van der Waals surface area (Å²) in [4.78, 5) is 21.1. The van der Waals surface area contributed by atoms with Gasteiger partial charge in [0.1, 0.15) is 23.9 Å². The number of ether oxygens (including phenoxy) is 2. The van der Waals surface area contributed by atoms with E-state index >= 15 is 0 Å². The van der Waals surface area contributed by atoms with Gasteiger partial charge in [0, 0.05) is 42.2 Å². The van der Waals surface area contributed by atoms with Crippen LogP contribution in [0.1, 0.15) is 23.0 Å². The van der Waals surface area contributed by atoms with E-state index in [1.165, 1.54) is 12.1 Å². The van der Waals surface area contributed by atoms with E-state index in [9.17, 15) is 9.18 Å². The molecule has 5 aromatic rings. The summed E-state index contributed by atoms with van der Waals surface area (Å²) in [6, 6.07) is 17.5. The maximum Gasteiger partial charge on any atom is 0.340 e. The Balaban J connectivity index is 1.40. The van der Waals surface area contributed by atoms with Crippen LogP contribution in [0.5, 0.6) is 5.75 Å². The van der Waals surface area contributed by atoms with Crippen molar-refractivity contribution in [2.24, 2.45) is 7.05 Å². The fraction of sp³-hybridized carbons (Fsp3) is 0.143. The number of nitrogens with zero attached hydrogens (tertiary/aromatic N) is 4. The van der Waals surface area contributed by atoms with Crippen LogP contribution in [-0.4, -0.2) is 32.3 Å². The molecule has 0 unspecified atom stereocenters. The highest BCUT2D eigenvalue weighted by molar-refractivity contribution is 5.95. The third-order valence-corrected chi connectivity index (χ3v) is 5.70. The second-order valence-electron chi connectivity index (χ2n) is 8.12. The Labute approximate surface area is 207 Å². The molecular formula is C28H23FN4O3. The van der Waals surface area contributed by atoms with E-state index in [2.05, 4.69) is 15.1 Å². The zero-order valence-electron chi connectivity index (χ0n) is 19.8. The lowest BCUT2D eigenvalue weighted by atomic mass is 10.0. The summed E-state index contributed by atoms with van der Waals surface area (Å²) in [5, 5.41) is 4.89. The SMILES string of the molecule is CCOC(=O)c1cc2c(F)cccc2nc1COc1ccc(-c2nn(C)cc2-c2ccncc2)cc1. The van der Waals surface area contributed by atoms with Gasteiger partial charge in [-0.05, 0) is 67.1 Å². The van der Waals surface area contributed by atoms with E-state index in [1.807, 2.05) is 49.6 Å². The Morgan fingerprint density at radius 3 is 2.56 bits per heavy atom. The molecule has 0 amide bonds. The number of rotatable bonds is 7. The van der Waals surface area contributed by atoms with Crippen LogP contribution >= 0.6 is 0 Å². The Morgan fingerprint density at radius 1 is 1.03 bits per heavy atom. The van der Waals surface area contributed by atoms with Crippen LogP contribution in [0.3, 0.4) is 0 Å². The molecule has 180 valence electrons. The van der Waals surface area contributed by atoms with Crippen LogP contribution < -0.4 is 4.74 Å². The molecule has 0 N–H and O–H groups in total. The molecule has 3 aromatic heterocycles. The Morgan fingerprint density at radius 2 is 1.81 bits per heavy atom. The molecule has 0 radical (unpaired) electrons. The molecule has 0 aliphatic heterocycles. The summed E-state index contributed by atoms with van der Waals surface area (Å²) < 4.78 is 27.2. The van der Waals surface area contributed by atoms with Crippen molar-refractivity contribution >= 4 is 16.9 Å². The van der Waals surface area contributed by atoms with E-state index in [4.69, 9.17) is 9.47 Å². The number of esters is 1. The average molecular weight is 483 g/mol. The van der Waals surface area contributed by atoms with Crippen LogP contribution in [-0.2, 0) is 18.4 Å². The van der Waals surface area contributed by atoms with Crippen LogP contribution in [0.4, 0.5) is 4.39 Å². The molecule has 5 rings (SSSR count). The van der Waals surface area contributed by atoms with Gasteiger partial charge in [-0.1, -0.05) is 6.07 Å². The maximum atomic E-state index is 14.3. The van der Waals surface area contributed by atoms with Gasteiger partial charge < -0.3 is 9.47 Å². The third kappa shape index (κ3) is 4.65. The van der Waals surface area contributed by atoms with Crippen LogP contribution in [0, 0.1) is 5.82 Å². The maximum absolute atomic E-state index is 14.3. The molecule has 0 fully saturated rings. The first kappa shape index (κ1) is 23.2. The predicted molar refractivity (Wildman–Crippen MR) is 134 cm³/mol. The van der Waals surface area contributed by atoms with Crippen molar-refractivity contribution in [3.8, 4) is 28.1 Å². The van der Waals surface area contributed by atoms with Gasteiger partial charge >= 0.3 is 5.97 Å². The first-order valence-corrected chi connectivity index (χ1v) is 11.5. The number of carbonyl (C=O) groups is 1. The minimum atomic E-state index is -0.567. The van der Waals surface area contributed by atoms with E-state index in [0.717, 1.165) is 22.4 Å².